The first-order valence-electron chi connectivity index (χ1n) is 9.56. The van der Waals surface area contributed by atoms with Gasteiger partial charge >= 0.3 is 6.61 Å². The highest BCUT2D eigenvalue weighted by Crippen LogP contribution is 2.38. The van der Waals surface area contributed by atoms with E-state index in [0.29, 0.717) is 0 Å². The van der Waals surface area contributed by atoms with E-state index in [0.717, 1.165) is 26.5 Å². The minimum Gasteiger partial charge on any atom is -0.478 e. The summed E-state index contributed by atoms with van der Waals surface area (Å²) in [5, 5.41) is 4.04. The van der Waals surface area contributed by atoms with Gasteiger partial charge in [0.2, 0.25) is 11.7 Å². The summed E-state index contributed by atoms with van der Waals surface area (Å²) < 4.78 is 96.3. The van der Waals surface area contributed by atoms with Crippen LogP contribution in [-0.2, 0) is 10.0 Å². The highest BCUT2D eigenvalue weighted by atomic mass is 32.2. The Morgan fingerprint density at radius 1 is 1.09 bits per heavy atom. The van der Waals surface area contributed by atoms with Crippen molar-refractivity contribution in [1.82, 2.24) is 24.7 Å². The Morgan fingerprint density at radius 2 is 1.77 bits per heavy atom. The number of nitrogens with one attached hydrogen (secondary N) is 2. The Labute approximate surface area is 194 Å². The van der Waals surface area contributed by atoms with Crippen molar-refractivity contribution in [2.75, 3.05) is 18.9 Å². The second-order valence-electron chi connectivity index (χ2n) is 6.71. The molecule has 4 rings (SSSR count). The van der Waals surface area contributed by atoms with E-state index in [1.807, 2.05) is 0 Å². The lowest BCUT2D eigenvalue weighted by atomic mass is 10.1. The van der Waals surface area contributed by atoms with Gasteiger partial charge in [-0.2, -0.15) is 23.8 Å². The van der Waals surface area contributed by atoms with E-state index >= 15 is 0 Å². The molecule has 0 unspecified atom stereocenters. The largest absolute Gasteiger partial charge is 0.478 e. The smallest absolute Gasteiger partial charge is 0.387 e. The molecule has 0 bridgehead atoms. The van der Waals surface area contributed by atoms with E-state index < -0.39 is 46.5 Å². The van der Waals surface area contributed by atoms with Gasteiger partial charge in [-0.25, -0.2) is 26.6 Å². The average molecular weight is 516 g/mol. The molecule has 0 saturated heterocycles. The molecule has 3 aromatic heterocycles. The normalized spacial score (nSPS) is 11.9. The van der Waals surface area contributed by atoms with Crippen LogP contribution < -0.4 is 18.9 Å². The zero-order chi connectivity index (χ0) is 25.3. The predicted octanol–water partition coefficient (Wildman–Crippen LogP) is 3.50. The second-order valence-corrected chi connectivity index (χ2v) is 8.36. The van der Waals surface area contributed by atoms with E-state index in [-0.39, 0.29) is 27.0 Å². The minimum absolute atomic E-state index is 0.0305. The first kappa shape index (κ1) is 24.1. The summed E-state index contributed by atoms with van der Waals surface area (Å²) in [7, 11) is -2.24. The van der Waals surface area contributed by atoms with Crippen molar-refractivity contribution in [2.24, 2.45) is 0 Å². The van der Waals surface area contributed by atoms with Gasteiger partial charge in [0.25, 0.3) is 28.2 Å². The molecule has 1 aromatic carbocycles. The topological polar surface area (TPSA) is 133 Å². The Morgan fingerprint density at radius 3 is 2.31 bits per heavy atom. The molecule has 0 aliphatic rings. The lowest BCUT2D eigenvalue weighted by Crippen LogP contribution is -2.16. The van der Waals surface area contributed by atoms with Gasteiger partial charge in [0.15, 0.2) is 0 Å². The van der Waals surface area contributed by atoms with Crippen LogP contribution >= 0.6 is 0 Å². The van der Waals surface area contributed by atoms with Crippen molar-refractivity contribution >= 4 is 26.9 Å². The zero-order valence-electron chi connectivity index (χ0n) is 17.9. The van der Waals surface area contributed by atoms with E-state index in [1.54, 1.807) is 0 Å². The van der Waals surface area contributed by atoms with Crippen LogP contribution in [-0.4, -0.2) is 54.0 Å². The van der Waals surface area contributed by atoms with Crippen LogP contribution in [0.4, 0.5) is 23.5 Å². The summed E-state index contributed by atoms with van der Waals surface area (Å²) in [5.74, 6) is -2.25. The standard InChI is InChI=1S/C19H16F4N6O5S/c1-32-16-14(34-18(22)23)17(33-2)27-19(26-16)28-35(30,31)11-8-24-12-9(11)4-5-10(15(20)21)13(12)29-7-3-6-25-29/h3-8,15,18,24H,1-2H3,(H,26,27,28). The molecule has 0 aliphatic carbocycles. The highest BCUT2D eigenvalue weighted by Gasteiger charge is 2.27. The summed E-state index contributed by atoms with van der Waals surface area (Å²) in [5.41, 5.74) is -0.312. The SMILES string of the molecule is COc1nc(NS(=O)(=O)c2c[nH]c3c(-n4cccn4)c(C(F)F)ccc23)nc(OC)c1OC(F)F. The number of aromatic amines is 1. The van der Waals surface area contributed by atoms with Crippen LogP contribution in [0.5, 0.6) is 17.5 Å². The maximum Gasteiger partial charge on any atom is 0.387 e. The van der Waals surface area contributed by atoms with Crippen LogP contribution in [0.3, 0.4) is 0 Å². The summed E-state index contributed by atoms with van der Waals surface area (Å²) in [6.45, 7) is -3.25. The maximum absolute atomic E-state index is 13.6. The van der Waals surface area contributed by atoms with Gasteiger partial charge in [0.1, 0.15) is 4.90 Å². The molecule has 0 fully saturated rings. The number of H-pyrrole nitrogens is 1. The van der Waals surface area contributed by atoms with Gasteiger partial charge in [-0.15, -0.1) is 0 Å². The highest BCUT2D eigenvalue weighted by molar-refractivity contribution is 7.93. The molecule has 35 heavy (non-hydrogen) atoms. The number of anilines is 1. The first-order valence-corrected chi connectivity index (χ1v) is 11.0. The Balaban J connectivity index is 1.79. The van der Waals surface area contributed by atoms with Gasteiger partial charge in [0.05, 0.1) is 25.4 Å². The lowest BCUT2D eigenvalue weighted by molar-refractivity contribution is -0.0533. The van der Waals surface area contributed by atoms with Crippen molar-refractivity contribution in [1.29, 1.82) is 0 Å². The molecule has 3 heterocycles. The van der Waals surface area contributed by atoms with E-state index in [4.69, 9.17) is 9.47 Å². The van der Waals surface area contributed by atoms with E-state index in [1.165, 1.54) is 29.2 Å². The molecule has 0 amide bonds. The Kier molecular flexibility index (Phi) is 6.38. The van der Waals surface area contributed by atoms with Gasteiger partial charge in [-0.05, 0) is 6.07 Å². The van der Waals surface area contributed by atoms with Gasteiger partial charge in [-0.1, -0.05) is 12.1 Å². The number of halogens is 4. The summed E-state index contributed by atoms with van der Waals surface area (Å²) in [4.78, 5) is 9.85. The summed E-state index contributed by atoms with van der Waals surface area (Å²) in [6.07, 6.45) is 1.05. The molecular weight excluding hydrogens is 500 g/mol. The number of rotatable bonds is 9. The molecule has 16 heteroatoms. The number of fused-ring (bicyclic) bond motifs is 1. The molecule has 186 valence electrons. The number of alkyl halides is 4. The number of nitrogens with zero attached hydrogens (tertiary/aromatic N) is 4. The third kappa shape index (κ3) is 4.51. The molecule has 4 aromatic rings. The number of ether oxygens (including phenoxy) is 3. The number of hydrogen-bond acceptors (Lipinski definition) is 8. The van der Waals surface area contributed by atoms with Crippen molar-refractivity contribution < 1.29 is 40.2 Å². The Bertz CT molecular complexity index is 1440. The van der Waals surface area contributed by atoms with Crippen LogP contribution in [0.1, 0.15) is 12.0 Å². The number of benzene rings is 1. The molecule has 2 N–H and O–H groups in total. The van der Waals surface area contributed by atoms with Crippen molar-refractivity contribution in [3.8, 4) is 23.2 Å². The molecule has 0 aliphatic heterocycles. The fourth-order valence-corrected chi connectivity index (χ4v) is 4.43. The van der Waals surface area contributed by atoms with Crippen LogP contribution in [0, 0.1) is 0 Å². The third-order valence-electron chi connectivity index (χ3n) is 4.70. The second kappa shape index (κ2) is 9.28. The van der Waals surface area contributed by atoms with Crippen LogP contribution in [0.25, 0.3) is 16.6 Å². The fraction of sp³-hybridized carbons (Fsp3) is 0.211. The molecule has 0 spiro atoms. The van der Waals surface area contributed by atoms with E-state index in [9.17, 15) is 26.0 Å². The molecule has 0 saturated carbocycles. The van der Waals surface area contributed by atoms with Gasteiger partial charge < -0.3 is 19.2 Å². The third-order valence-corrected chi connectivity index (χ3v) is 6.07. The molecule has 0 atom stereocenters. The van der Waals surface area contributed by atoms with Crippen LogP contribution in [0.2, 0.25) is 0 Å². The van der Waals surface area contributed by atoms with E-state index in [2.05, 4.69) is 29.5 Å². The van der Waals surface area contributed by atoms with Gasteiger partial charge in [-0.3, -0.25) is 0 Å². The van der Waals surface area contributed by atoms with Crippen molar-refractivity contribution in [2.45, 2.75) is 17.9 Å². The first-order chi connectivity index (χ1) is 16.7. The van der Waals surface area contributed by atoms with Crippen molar-refractivity contribution in [3.05, 3.63) is 42.4 Å². The molecular formula is C19H16F4N6O5S. The monoisotopic (exact) mass is 516 g/mol. The summed E-state index contributed by atoms with van der Waals surface area (Å²) in [6, 6.07) is 3.84. The molecule has 11 nitrogen and oxygen atoms in total. The minimum atomic E-state index is -4.42. The quantitative estimate of drug-likeness (QED) is 0.323. The lowest BCUT2D eigenvalue weighted by Gasteiger charge is -2.14. The fourth-order valence-electron chi connectivity index (χ4n) is 3.32. The summed E-state index contributed by atoms with van der Waals surface area (Å²) >= 11 is 0. The van der Waals surface area contributed by atoms with Crippen molar-refractivity contribution in [3.63, 3.8) is 0 Å². The van der Waals surface area contributed by atoms with Crippen LogP contribution in [0.15, 0.2) is 41.7 Å². The Hall–Kier alpha value is -4.08. The number of sulfonamides is 1. The maximum atomic E-state index is 13.6. The zero-order valence-corrected chi connectivity index (χ0v) is 18.7. The number of hydrogen-bond donors (Lipinski definition) is 2. The number of aromatic nitrogens is 5. The van der Waals surface area contributed by atoms with Gasteiger partial charge in [0, 0.05) is 29.5 Å². The predicted molar refractivity (Wildman–Crippen MR) is 113 cm³/mol. The average Bonchev–Trinajstić information content (AvgIpc) is 3.48. The molecule has 0 radical (unpaired) electrons. The number of methoxy groups -OCH3 is 2.